The van der Waals surface area contributed by atoms with Gasteiger partial charge in [-0.1, -0.05) is 218 Å². The lowest BCUT2D eigenvalue weighted by molar-refractivity contribution is 1.29. The highest BCUT2D eigenvalue weighted by atomic mass is 15.1. The average Bonchev–Trinajstić information content (AvgIpc) is 3.37. The van der Waals surface area contributed by atoms with E-state index in [1.54, 1.807) is 0 Å². The summed E-state index contributed by atoms with van der Waals surface area (Å²) < 4.78 is 0. The lowest BCUT2D eigenvalue weighted by Crippen LogP contribution is -2.10. The van der Waals surface area contributed by atoms with Gasteiger partial charge in [0.2, 0.25) is 0 Å². The van der Waals surface area contributed by atoms with Crippen molar-refractivity contribution in [3.05, 3.63) is 261 Å². The summed E-state index contributed by atoms with van der Waals surface area (Å²) in [5.74, 6) is 0. The van der Waals surface area contributed by atoms with Gasteiger partial charge in [0, 0.05) is 17.1 Å². The van der Waals surface area contributed by atoms with Crippen LogP contribution in [0.4, 0.5) is 17.1 Å². The molecule has 11 aromatic rings. The van der Waals surface area contributed by atoms with E-state index in [0.29, 0.717) is 0 Å². The minimum atomic E-state index is 1.08. The Labute approximate surface area is 369 Å². The third-order valence-corrected chi connectivity index (χ3v) is 12.3. The summed E-state index contributed by atoms with van der Waals surface area (Å²) in [5, 5.41) is 4.94. The van der Waals surface area contributed by atoms with Gasteiger partial charge >= 0.3 is 0 Å². The maximum absolute atomic E-state index is 2.41. The summed E-state index contributed by atoms with van der Waals surface area (Å²) in [6, 6.07) is 94.6. The first-order valence-electron chi connectivity index (χ1n) is 21.7. The largest absolute Gasteiger partial charge is 0.310 e. The first-order valence-corrected chi connectivity index (χ1v) is 21.7. The Balaban J connectivity index is 1.09. The number of hydrogen-bond donors (Lipinski definition) is 0. The molecule has 0 unspecified atom stereocenters. The van der Waals surface area contributed by atoms with Crippen molar-refractivity contribution in [2.24, 2.45) is 0 Å². The molecule has 63 heavy (non-hydrogen) atoms. The van der Waals surface area contributed by atoms with Crippen LogP contribution in [0, 0.1) is 0 Å². The first-order chi connectivity index (χ1) is 31.3. The van der Waals surface area contributed by atoms with Gasteiger partial charge in [-0.05, 0) is 131 Å². The molecule has 0 spiro atoms. The smallest absolute Gasteiger partial charge is 0.0468 e. The van der Waals surface area contributed by atoms with Crippen molar-refractivity contribution in [2.45, 2.75) is 0 Å². The molecule has 0 fully saturated rings. The molecule has 1 heteroatoms. The van der Waals surface area contributed by atoms with Crippen molar-refractivity contribution in [3.63, 3.8) is 0 Å². The number of benzene rings is 11. The van der Waals surface area contributed by atoms with Crippen molar-refractivity contribution in [1.29, 1.82) is 0 Å². The van der Waals surface area contributed by atoms with Gasteiger partial charge in [-0.15, -0.1) is 0 Å². The SMILES string of the molecule is c1ccc(-c2ccc(N(c3ccc(-c4ccc(-c5ccccc5)c(-c5ccccc5)c4)cc3)c3ccc4c(c3)c(-c3ccccc3)c(-c3ccccc3)c3ccccc34)cc2)cc1. The highest BCUT2D eigenvalue weighted by molar-refractivity contribution is 6.22. The molecule has 0 aliphatic heterocycles. The van der Waals surface area contributed by atoms with E-state index >= 15 is 0 Å². The van der Waals surface area contributed by atoms with Crippen LogP contribution in [0.25, 0.3) is 88.3 Å². The summed E-state index contributed by atoms with van der Waals surface area (Å²) in [4.78, 5) is 2.40. The van der Waals surface area contributed by atoms with Crippen LogP contribution < -0.4 is 4.90 Å². The Bertz CT molecular complexity index is 3320. The zero-order valence-electron chi connectivity index (χ0n) is 34.8. The number of nitrogens with zero attached hydrogens (tertiary/aromatic N) is 1. The third kappa shape index (κ3) is 7.26. The number of rotatable bonds is 9. The molecule has 0 saturated carbocycles. The molecule has 0 bridgehead atoms. The van der Waals surface area contributed by atoms with E-state index in [9.17, 15) is 0 Å². The van der Waals surface area contributed by atoms with Gasteiger partial charge in [-0.2, -0.15) is 0 Å². The molecule has 0 aliphatic rings. The van der Waals surface area contributed by atoms with Crippen LogP contribution in [-0.4, -0.2) is 0 Å². The van der Waals surface area contributed by atoms with E-state index in [2.05, 4.69) is 266 Å². The number of anilines is 3. The predicted octanol–water partition coefficient (Wildman–Crippen LogP) is 17.5. The topological polar surface area (TPSA) is 3.24 Å². The lowest BCUT2D eigenvalue weighted by Gasteiger charge is -2.27. The Kier molecular flexibility index (Phi) is 9.97. The third-order valence-electron chi connectivity index (χ3n) is 12.3. The van der Waals surface area contributed by atoms with Crippen LogP contribution in [-0.2, 0) is 0 Å². The van der Waals surface area contributed by atoms with Gasteiger partial charge in [0.15, 0.2) is 0 Å². The average molecular weight is 802 g/mol. The molecule has 0 aliphatic carbocycles. The van der Waals surface area contributed by atoms with Gasteiger partial charge in [0.25, 0.3) is 0 Å². The normalized spacial score (nSPS) is 11.2. The summed E-state index contributed by atoms with van der Waals surface area (Å²) in [7, 11) is 0. The molecule has 1 nitrogen and oxygen atoms in total. The van der Waals surface area contributed by atoms with E-state index in [0.717, 1.165) is 17.1 Å². The van der Waals surface area contributed by atoms with Crippen molar-refractivity contribution in [2.75, 3.05) is 4.90 Å². The zero-order valence-corrected chi connectivity index (χ0v) is 34.8. The molecule has 0 saturated heterocycles. The summed E-state index contributed by atoms with van der Waals surface area (Å²) >= 11 is 0. The van der Waals surface area contributed by atoms with E-state index in [4.69, 9.17) is 0 Å². The minimum absolute atomic E-state index is 1.08. The molecular formula is C62H43N. The van der Waals surface area contributed by atoms with Crippen molar-refractivity contribution >= 4 is 38.6 Å². The fourth-order valence-corrected chi connectivity index (χ4v) is 9.26. The Morgan fingerprint density at radius 3 is 1.10 bits per heavy atom. The van der Waals surface area contributed by atoms with Crippen LogP contribution in [0.2, 0.25) is 0 Å². The molecule has 0 aromatic heterocycles. The molecule has 0 atom stereocenters. The molecule has 11 aromatic carbocycles. The lowest BCUT2D eigenvalue weighted by atomic mass is 9.85. The summed E-state index contributed by atoms with van der Waals surface area (Å²) in [5.41, 5.74) is 17.7. The summed E-state index contributed by atoms with van der Waals surface area (Å²) in [6.07, 6.45) is 0. The second-order valence-corrected chi connectivity index (χ2v) is 16.0. The maximum Gasteiger partial charge on any atom is 0.0468 e. The molecular weight excluding hydrogens is 759 g/mol. The number of fused-ring (bicyclic) bond motifs is 3. The van der Waals surface area contributed by atoms with Crippen LogP contribution in [0.5, 0.6) is 0 Å². The Morgan fingerprint density at radius 1 is 0.190 bits per heavy atom. The van der Waals surface area contributed by atoms with E-state index in [1.165, 1.54) is 88.3 Å². The molecule has 0 radical (unpaired) electrons. The molecule has 11 rings (SSSR count). The predicted molar refractivity (Wildman–Crippen MR) is 269 cm³/mol. The first kappa shape index (κ1) is 37.7. The molecule has 0 heterocycles. The standard InChI is InChI=1S/C62H43N/c1-6-18-44(19-7-1)45-30-35-52(36-31-45)63(53-37-32-46(33-38-53)51-34-40-55(47-20-8-2-9-21-47)59(42-51)48-22-10-3-11-23-48)54-39-41-57-56-28-16-17-29-58(56)61(49-24-12-4-13-25-49)62(60(57)43-54)50-26-14-5-15-27-50/h1-43H. The van der Waals surface area contributed by atoms with Crippen LogP contribution >= 0.6 is 0 Å². The van der Waals surface area contributed by atoms with Crippen molar-refractivity contribution < 1.29 is 0 Å². The van der Waals surface area contributed by atoms with Crippen LogP contribution in [0.15, 0.2) is 261 Å². The molecule has 0 amide bonds. The van der Waals surface area contributed by atoms with Crippen molar-refractivity contribution in [3.8, 4) is 66.8 Å². The van der Waals surface area contributed by atoms with Gasteiger partial charge in [-0.3, -0.25) is 0 Å². The van der Waals surface area contributed by atoms with Gasteiger partial charge < -0.3 is 4.90 Å². The monoisotopic (exact) mass is 801 g/mol. The quantitative estimate of drug-likeness (QED) is 0.131. The second kappa shape index (κ2) is 16.7. The van der Waals surface area contributed by atoms with Crippen molar-refractivity contribution in [1.82, 2.24) is 0 Å². The number of hydrogen-bond acceptors (Lipinski definition) is 1. The Morgan fingerprint density at radius 2 is 0.556 bits per heavy atom. The highest BCUT2D eigenvalue weighted by Crippen LogP contribution is 2.47. The maximum atomic E-state index is 2.41. The second-order valence-electron chi connectivity index (χ2n) is 16.0. The highest BCUT2D eigenvalue weighted by Gasteiger charge is 2.21. The van der Waals surface area contributed by atoms with Crippen LogP contribution in [0.1, 0.15) is 0 Å². The zero-order chi connectivity index (χ0) is 42.0. The van der Waals surface area contributed by atoms with Gasteiger partial charge in [-0.25, -0.2) is 0 Å². The Hall–Kier alpha value is -8.26. The molecule has 296 valence electrons. The van der Waals surface area contributed by atoms with E-state index < -0.39 is 0 Å². The fraction of sp³-hybridized carbons (Fsp3) is 0. The van der Waals surface area contributed by atoms with E-state index in [1.807, 2.05) is 0 Å². The minimum Gasteiger partial charge on any atom is -0.310 e. The van der Waals surface area contributed by atoms with Gasteiger partial charge in [0.05, 0.1) is 0 Å². The van der Waals surface area contributed by atoms with E-state index in [-0.39, 0.29) is 0 Å². The summed E-state index contributed by atoms with van der Waals surface area (Å²) in [6.45, 7) is 0. The van der Waals surface area contributed by atoms with Crippen LogP contribution in [0.3, 0.4) is 0 Å². The molecule has 0 N–H and O–H groups in total. The fourth-order valence-electron chi connectivity index (χ4n) is 9.26. The van der Waals surface area contributed by atoms with Gasteiger partial charge in [0.1, 0.15) is 0 Å².